The Morgan fingerprint density at radius 3 is 2.62 bits per heavy atom. The first-order chi connectivity index (χ1) is 13.9. The van der Waals surface area contributed by atoms with E-state index in [-0.39, 0.29) is 12.1 Å². The monoisotopic (exact) mass is 412 g/mol. The molecule has 152 valence electrons. The van der Waals surface area contributed by atoms with Gasteiger partial charge in [0.05, 0.1) is 11.7 Å². The number of aromatic nitrogens is 2. The number of aryl methyl sites for hydroxylation is 1. The molecule has 3 aromatic rings. The number of rotatable bonds is 6. The number of nitrogens with zero attached hydrogens (tertiary/aromatic N) is 2. The van der Waals surface area contributed by atoms with E-state index < -0.39 is 11.9 Å². The third kappa shape index (κ3) is 4.89. The molecule has 7 nitrogen and oxygen atoms in total. The van der Waals surface area contributed by atoms with Crippen LogP contribution in [0.1, 0.15) is 25.1 Å². The van der Waals surface area contributed by atoms with Crippen molar-refractivity contribution in [2.75, 3.05) is 6.54 Å². The Hall–Kier alpha value is -3.00. The number of urea groups is 1. The highest BCUT2D eigenvalue weighted by Gasteiger charge is 2.18. The Labute approximate surface area is 172 Å². The summed E-state index contributed by atoms with van der Waals surface area (Å²) in [6.45, 7) is 6.26. The molecule has 0 aliphatic rings. The van der Waals surface area contributed by atoms with Crippen molar-refractivity contribution < 1.29 is 9.59 Å². The van der Waals surface area contributed by atoms with Crippen LogP contribution in [-0.2, 0) is 11.3 Å². The van der Waals surface area contributed by atoms with Crippen LogP contribution in [0.4, 0.5) is 4.79 Å². The summed E-state index contributed by atoms with van der Waals surface area (Å²) in [4.78, 5) is 43.1. The fraction of sp³-hybridized carbons (Fsp3) is 0.333. The smallest absolute Gasteiger partial charge is 0.321 e. The molecule has 8 heteroatoms. The van der Waals surface area contributed by atoms with Crippen LogP contribution in [0.3, 0.4) is 0 Å². The standard InChI is InChI=1S/C21H24N4O3S/c1-13(2)9-10-22-21(28)24-16(26)11-25-12-23-19-18(20(25)27)17(14(3)29-19)15-7-5-4-6-8-15/h4-8,12-13H,9-11H2,1-3H3,(H2,22,24,26,28). The highest BCUT2D eigenvalue weighted by molar-refractivity contribution is 7.19. The van der Waals surface area contributed by atoms with Crippen molar-refractivity contribution in [2.24, 2.45) is 5.92 Å². The molecule has 3 amide bonds. The van der Waals surface area contributed by atoms with Crippen LogP contribution in [0.2, 0.25) is 0 Å². The van der Waals surface area contributed by atoms with Gasteiger partial charge in [-0.25, -0.2) is 9.78 Å². The van der Waals surface area contributed by atoms with Crippen molar-refractivity contribution in [2.45, 2.75) is 33.7 Å². The lowest BCUT2D eigenvalue weighted by molar-refractivity contribution is -0.120. The van der Waals surface area contributed by atoms with E-state index in [1.807, 2.05) is 37.3 Å². The van der Waals surface area contributed by atoms with E-state index in [0.29, 0.717) is 22.7 Å². The first kappa shape index (κ1) is 20.7. The van der Waals surface area contributed by atoms with Crippen LogP contribution < -0.4 is 16.2 Å². The van der Waals surface area contributed by atoms with Crippen molar-refractivity contribution >= 4 is 33.5 Å². The summed E-state index contributed by atoms with van der Waals surface area (Å²) in [6.07, 6.45) is 2.17. The zero-order valence-electron chi connectivity index (χ0n) is 16.7. The van der Waals surface area contributed by atoms with Gasteiger partial charge in [0.15, 0.2) is 0 Å². The Balaban J connectivity index is 1.81. The Bertz CT molecular complexity index is 1090. The molecule has 0 saturated heterocycles. The molecule has 0 radical (unpaired) electrons. The molecule has 0 bridgehead atoms. The van der Waals surface area contributed by atoms with Crippen molar-refractivity contribution in [1.29, 1.82) is 0 Å². The van der Waals surface area contributed by atoms with Gasteiger partial charge in [0, 0.05) is 17.0 Å². The van der Waals surface area contributed by atoms with Crippen LogP contribution >= 0.6 is 11.3 Å². The molecule has 3 rings (SSSR count). The zero-order valence-corrected chi connectivity index (χ0v) is 17.5. The molecule has 0 unspecified atom stereocenters. The number of hydrogen-bond acceptors (Lipinski definition) is 5. The summed E-state index contributed by atoms with van der Waals surface area (Å²) in [5, 5.41) is 5.39. The van der Waals surface area contributed by atoms with E-state index in [9.17, 15) is 14.4 Å². The second kappa shape index (κ2) is 9.00. The van der Waals surface area contributed by atoms with Crippen molar-refractivity contribution in [3.05, 3.63) is 51.9 Å². The summed E-state index contributed by atoms with van der Waals surface area (Å²) < 4.78 is 1.23. The molecule has 0 aliphatic heterocycles. The maximum atomic E-state index is 13.1. The number of nitrogens with one attached hydrogen (secondary N) is 2. The first-order valence-corrected chi connectivity index (χ1v) is 10.3. The number of carbonyl (C=O) groups excluding carboxylic acids is 2. The van der Waals surface area contributed by atoms with Gasteiger partial charge in [0.25, 0.3) is 5.56 Å². The topological polar surface area (TPSA) is 93.1 Å². The van der Waals surface area contributed by atoms with Crippen molar-refractivity contribution in [3.63, 3.8) is 0 Å². The van der Waals surface area contributed by atoms with E-state index in [0.717, 1.165) is 22.4 Å². The number of hydrogen-bond donors (Lipinski definition) is 2. The van der Waals surface area contributed by atoms with Crippen LogP contribution in [0.25, 0.3) is 21.3 Å². The first-order valence-electron chi connectivity index (χ1n) is 9.48. The van der Waals surface area contributed by atoms with Gasteiger partial charge in [0.1, 0.15) is 11.4 Å². The quantitative estimate of drug-likeness (QED) is 0.650. The predicted octanol–water partition coefficient (Wildman–Crippen LogP) is 3.31. The maximum Gasteiger partial charge on any atom is 0.321 e. The molecule has 1 aromatic carbocycles. The van der Waals surface area contributed by atoms with E-state index in [1.165, 1.54) is 22.2 Å². The third-order valence-electron chi connectivity index (χ3n) is 4.49. The summed E-state index contributed by atoms with van der Waals surface area (Å²) in [6, 6.07) is 9.07. The second-order valence-electron chi connectivity index (χ2n) is 7.24. The third-order valence-corrected chi connectivity index (χ3v) is 5.50. The number of carbonyl (C=O) groups is 2. The summed E-state index contributed by atoms with van der Waals surface area (Å²) in [5.41, 5.74) is 1.47. The van der Waals surface area contributed by atoms with E-state index in [2.05, 4.69) is 29.5 Å². The fourth-order valence-corrected chi connectivity index (χ4v) is 4.05. The van der Waals surface area contributed by atoms with Crippen LogP contribution in [-0.4, -0.2) is 28.0 Å². The normalized spacial score (nSPS) is 11.0. The lowest BCUT2D eigenvalue weighted by Crippen LogP contribution is -2.42. The van der Waals surface area contributed by atoms with Gasteiger partial charge in [-0.05, 0) is 24.8 Å². The molecule has 0 spiro atoms. The minimum absolute atomic E-state index is 0.275. The zero-order chi connectivity index (χ0) is 21.0. The number of thiophene rings is 1. The SMILES string of the molecule is Cc1sc2ncn(CC(=O)NC(=O)NCCC(C)C)c(=O)c2c1-c1ccccc1. The number of amides is 3. The van der Waals surface area contributed by atoms with Gasteiger partial charge in [0.2, 0.25) is 5.91 Å². The van der Waals surface area contributed by atoms with E-state index in [4.69, 9.17) is 0 Å². The minimum Gasteiger partial charge on any atom is -0.338 e. The highest BCUT2D eigenvalue weighted by atomic mass is 32.1. The molecule has 29 heavy (non-hydrogen) atoms. The van der Waals surface area contributed by atoms with Gasteiger partial charge >= 0.3 is 6.03 Å². The van der Waals surface area contributed by atoms with Gasteiger partial charge < -0.3 is 5.32 Å². The molecule has 0 aliphatic carbocycles. The highest BCUT2D eigenvalue weighted by Crippen LogP contribution is 2.35. The average Bonchev–Trinajstić information content (AvgIpc) is 3.01. The molecule has 0 atom stereocenters. The van der Waals surface area contributed by atoms with Gasteiger partial charge in [-0.3, -0.25) is 19.5 Å². The Morgan fingerprint density at radius 1 is 1.21 bits per heavy atom. The molecule has 2 aromatic heterocycles. The van der Waals surface area contributed by atoms with Crippen LogP contribution in [0.5, 0.6) is 0 Å². The maximum absolute atomic E-state index is 13.1. The van der Waals surface area contributed by atoms with Gasteiger partial charge in [-0.15, -0.1) is 11.3 Å². The Kier molecular flexibility index (Phi) is 6.43. The van der Waals surface area contributed by atoms with Gasteiger partial charge in [-0.1, -0.05) is 44.2 Å². The molecule has 2 heterocycles. The van der Waals surface area contributed by atoms with E-state index in [1.54, 1.807) is 0 Å². The summed E-state index contributed by atoms with van der Waals surface area (Å²) in [5.74, 6) is -0.112. The molecule has 0 saturated carbocycles. The molecule has 0 fully saturated rings. The largest absolute Gasteiger partial charge is 0.338 e. The predicted molar refractivity (Wildman–Crippen MR) is 115 cm³/mol. The molecular weight excluding hydrogens is 388 g/mol. The second-order valence-corrected chi connectivity index (χ2v) is 8.45. The number of benzene rings is 1. The summed E-state index contributed by atoms with van der Waals surface area (Å²) >= 11 is 1.45. The fourth-order valence-electron chi connectivity index (χ4n) is 3.04. The lowest BCUT2D eigenvalue weighted by Gasteiger charge is -2.09. The minimum atomic E-state index is -0.566. The number of fused-ring (bicyclic) bond motifs is 1. The summed E-state index contributed by atoms with van der Waals surface area (Å²) in [7, 11) is 0. The van der Waals surface area contributed by atoms with Crippen molar-refractivity contribution in [1.82, 2.24) is 20.2 Å². The van der Waals surface area contributed by atoms with Gasteiger partial charge in [-0.2, -0.15) is 0 Å². The number of imide groups is 1. The Morgan fingerprint density at radius 2 is 1.93 bits per heavy atom. The van der Waals surface area contributed by atoms with E-state index >= 15 is 0 Å². The van der Waals surface area contributed by atoms with Crippen LogP contribution in [0.15, 0.2) is 41.5 Å². The van der Waals surface area contributed by atoms with Crippen molar-refractivity contribution in [3.8, 4) is 11.1 Å². The average molecular weight is 413 g/mol. The van der Waals surface area contributed by atoms with Crippen LogP contribution in [0, 0.1) is 12.8 Å². The molecular formula is C21H24N4O3S. The lowest BCUT2D eigenvalue weighted by atomic mass is 10.0. The molecule has 2 N–H and O–H groups in total.